The van der Waals surface area contributed by atoms with E-state index in [1.165, 1.54) is 19.3 Å². The molecular formula is C17H32N4O2. The highest BCUT2D eigenvalue weighted by Gasteiger charge is 2.25. The molecule has 6 heteroatoms. The first-order chi connectivity index (χ1) is 11.1. The van der Waals surface area contributed by atoms with Crippen molar-refractivity contribution in [2.24, 2.45) is 0 Å². The minimum absolute atomic E-state index is 0.0689. The van der Waals surface area contributed by atoms with Gasteiger partial charge in [-0.1, -0.05) is 26.2 Å². The van der Waals surface area contributed by atoms with Crippen LogP contribution in [0.25, 0.3) is 0 Å². The van der Waals surface area contributed by atoms with E-state index in [0.717, 1.165) is 32.1 Å². The molecule has 2 aliphatic rings. The molecule has 0 aromatic carbocycles. The third-order valence-electron chi connectivity index (χ3n) is 5.04. The van der Waals surface area contributed by atoms with Gasteiger partial charge in [0.05, 0.1) is 0 Å². The van der Waals surface area contributed by atoms with E-state index in [1.54, 1.807) is 0 Å². The molecule has 1 aliphatic heterocycles. The maximum Gasteiger partial charge on any atom is 0.317 e. The van der Waals surface area contributed by atoms with Crippen molar-refractivity contribution in [2.45, 2.75) is 83.3 Å². The van der Waals surface area contributed by atoms with E-state index >= 15 is 0 Å². The number of carbonyl (C=O) groups is 2. The lowest BCUT2D eigenvalue weighted by Gasteiger charge is -2.34. The van der Waals surface area contributed by atoms with Crippen LogP contribution in [0.15, 0.2) is 0 Å². The van der Waals surface area contributed by atoms with Gasteiger partial charge in [0.1, 0.15) is 0 Å². The summed E-state index contributed by atoms with van der Waals surface area (Å²) in [5.41, 5.74) is 0. The second-order valence-corrected chi connectivity index (χ2v) is 6.97. The molecule has 0 aromatic rings. The van der Waals surface area contributed by atoms with E-state index < -0.39 is 0 Å². The third-order valence-corrected chi connectivity index (χ3v) is 5.04. The van der Waals surface area contributed by atoms with E-state index in [4.69, 9.17) is 0 Å². The van der Waals surface area contributed by atoms with Crippen LogP contribution in [0.4, 0.5) is 9.59 Å². The van der Waals surface area contributed by atoms with E-state index in [9.17, 15) is 9.59 Å². The zero-order chi connectivity index (χ0) is 16.7. The Morgan fingerprint density at radius 3 is 2.22 bits per heavy atom. The van der Waals surface area contributed by atoms with E-state index in [0.29, 0.717) is 19.1 Å². The Balaban J connectivity index is 1.66. The van der Waals surface area contributed by atoms with Crippen molar-refractivity contribution in [1.29, 1.82) is 0 Å². The van der Waals surface area contributed by atoms with E-state index in [2.05, 4.69) is 16.0 Å². The Morgan fingerprint density at radius 2 is 1.61 bits per heavy atom. The molecule has 2 rings (SSSR count). The van der Waals surface area contributed by atoms with Gasteiger partial charge in [-0.15, -0.1) is 0 Å². The molecule has 1 saturated heterocycles. The molecule has 0 spiro atoms. The zero-order valence-corrected chi connectivity index (χ0v) is 14.6. The molecule has 2 fully saturated rings. The highest BCUT2D eigenvalue weighted by molar-refractivity contribution is 5.75. The Hall–Kier alpha value is -1.46. The predicted molar refractivity (Wildman–Crippen MR) is 91.4 cm³/mol. The van der Waals surface area contributed by atoms with Gasteiger partial charge >= 0.3 is 12.1 Å². The Labute approximate surface area is 139 Å². The molecule has 1 heterocycles. The van der Waals surface area contributed by atoms with Crippen molar-refractivity contribution >= 4 is 12.1 Å². The Bertz CT molecular complexity index is 388. The molecule has 0 bridgehead atoms. The normalized spacial score (nSPS) is 21.6. The van der Waals surface area contributed by atoms with Crippen LogP contribution in [0.5, 0.6) is 0 Å². The maximum absolute atomic E-state index is 12.3. The number of likely N-dealkylation sites (tertiary alicyclic amines) is 1. The first kappa shape index (κ1) is 17.9. The van der Waals surface area contributed by atoms with Crippen LogP contribution in [0.1, 0.15) is 65.2 Å². The van der Waals surface area contributed by atoms with Gasteiger partial charge in [0.2, 0.25) is 0 Å². The maximum atomic E-state index is 12.3. The van der Waals surface area contributed by atoms with Crippen LogP contribution in [-0.2, 0) is 0 Å². The summed E-state index contributed by atoms with van der Waals surface area (Å²) < 4.78 is 0. The zero-order valence-electron chi connectivity index (χ0n) is 14.6. The molecule has 1 saturated carbocycles. The third kappa shape index (κ3) is 5.92. The standard InChI is InChI=1S/C17H32N4O2/c1-3-13(2)18-16(22)19-15-9-11-21(12-10-15)17(23)20-14-7-5-4-6-8-14/h13-15H,3-12H2,1-2H3,(H,20,23)(H2,18,19,22)/t13-/m1/s1. The van der Waals surface area contributed by atoms with Gasteiger partial charge < -0.3 is 20.9 Å². The number of piperidine rings is 1. The highest BCUT2D eigenvalue weighted by atomic mass is 16.2. The molecule has 0 unspecified atom stereocenters. The van der Waals surface area contributed by atoms with Crippen LogP contribution in [-0.4, -0.2) is 48.2 Å². The van der Waals surface area contributed by atoms with Crippen LogP contribution >= 0.6 is 0 Å². The average molecular weight is 324 g/mol. The summed E-state index contributed by atoms with van der Waals surface area (Å²) in [7, 11) is 0. The first-order valence-electron chi connectivity index (χ1n) is 9.21. The second kappa shape index (κ2) is 8.99. The van der Waals surface area contributed by atoms with E-state index in [-0.39, 0.29) is 24.1 Å². The summed E-state index contributed by atoms with van der Waals surface area (Å²) in [4.78, 5) is 26.0. The fraction of sp³-hybridized carbons (Fsp3) is 0.882. The topological polar surface area (TPSA) is 73.5 Å². The van der Waals surface area contributed by atoms with Crippen molar-refractivity contribution in [3.05, 3.63) is 0 Å². The van der Waals surface area contributed by atoms with Gasteiger partial charge in [-0.05, 0) is 39.0 Å². The molecule has 0 radical (unpaired) electrons. The number of hydrogen-bond acceptors (Lipinski definition) is 2. The summed E-state index contributed by atoms with van der Waals surface area (Å²) in [5, 5.41) is 9.10. The Morgan fingerprint density at radius 1 is 1.00 bits per heavy atom. The number of carbonyl (C=O) groups excluding carboxylic acids is 2. The molecule has 23 heavy (non-hydrogen) atoms. The van der Waals surface area contributed by atoms with Gasteiger partial charge in [-0.3, -0.25) is 0 Å². The summed E-state index contributed by atoms with van der Waals surface area (Å²) >= 11 is 0. The number of urea groups is 2. The molecule has 4 amide bonds. The number of nitrogens with zero attached hydrogens (tertiary/aromatic N) is 1. The van der Waals surface area contributed by atoms with Crippen LogP contribution in [0, 0.1) is 0 Å². The van der Waals surface area contributed by atoms with Crippen molar-refractivity contribution in [3.63, 3.8) is 0 Å². The SMILES string of the molecule is CC[C@@H](C)NC(=O)NC1CCN(C(=O)NC2CCCCC2)CC1. The summed E-state index contributed by atoms with van der Waals surface area (Å²) in [6.07, 6.45) is 8.54. The molecule has 6 nitrogen and oxygen atoms in total. The monoisotopic (exact) mass is 324 g/mol. The molecule has 0 aromatic heterocycles. The summed E-state index contributed by atoms with van der Waals surface area (Å²) in [6, 6.07) is 0.686. The molecule has 132 valence electrons. The van der Waals surface area contributed by atoms with Gasteiger partial charge in [-0.25, -0.2) is 9.59 Å². The molecular weight excluding hydrogens is 292 g/mol. The molecule has 1 aliphatic carbocycles. The van der Waals surface area contributed by atoms with Gasteiger partial charge in [-0.2, -0.15) is 0 Å². The van der Waals surface area contributed by atoms with Crippen molar-refractivity contribution in [3.8, 4) is 0 Å². The van der Waals surface area contributed by atoms with Gasteiger partial charge in [0, 0.05) is 31.2 Å². The van der Waals surface area contributed by atoms with Crippen LogP contribution < -0.4 is 16.0 Å². The Kier molecular flexibility index (Phi) is 6.99. The van der Waals surface area contributed by atoms with Crippen molar-refractivity contribution in [2.75, 3.05) is 13.1 Å². The van der Waals surface area contributed by atoms with Crippen LogP contribution in [0.3, 0.4) is 0 Å². The van der Waals surface area contributed by atoms with Crippen LogP contribution in [0.2, 0.25) is 0 Å². The number of amides is 4. The molecule has 3 N–H and O–H groups in total. The van der Waals surface area contributed by atoms with Crippen molar-refractivity contribution < 1.29 is 9.59 Å². The van der Waals surface area contributed by atoms with E-state index in [1.807, 2.05) is 18.7 Å². The predicted octanol–water partition coefficient (Wildman–Crippen LogP) is 2.59. The number of rotatable bonds is 4. The smallest absolute Gasteiger partial charge is 0.317 e. The first-order valence-corrected chi connectivity index (χ1v) is 9.21. The second-order valence-electron chi connectivity index (χ2n) is 6.97. The highest BCUT2D eigenvalue weighted by Crippen LogP contribution is 2.18. The quantitative estimate of drug-likeness (QED) is 0.743. The minimum Gasteiger partial charge on any atom is -0.336 e. The number of nitrogens with one attached hydrogen (secondary N) is 3. The summed E-state index contributed by atoms with van der Waals surface area (Å²) in [6.45, 7) is 5.48. The largest absolute Gasteiger partial charge is 0.336 e. The fourth-order valence-corrected chi connectivity index (χ4v) is 3.29. The molecule has 1 atom stereocenters. The van der Waals surface area contributed by atoms with Crippen molar-refractivity contribution in [1.82, 2.24) is 20.9 Å². The minimum atomic E-state index is -0.0931. The summed E-state index contributed by atoms with van der Waals surface area (Å²) in [5.74, 6) is 0. The lowest BCUT2D eigenvalue weighted by atomic mass is 9.95. The number of hydrogen-bond donors (Lipinski definition) is 3. The lowest BCUT2D eigenvalue weighted by molar-refractivity contribution is 0.169. The average Bonchev–Trinajstić information content (AvgIpc) is 2.56. The van der Waals surface area contributed by atoms with Gasteiger partial charge in [0.15, 0.2) is 0 Å². The van der Waals surface area contributed by atoms with Gasteiger partial charge in [0.25, 0.3) is 0 Å². The lowest BCUT2D eigenvalue weighted by Crippen LogP contribution is -2.53. The fourth-order valence-electron chi connectivity index (χ4n) is 3.29.